The highest BCUT2D eigenvalue weighted by molar-refractivity contribution is 5.42. The standard InChI is InChI=1S/C15H25NO3/c1-5-6-9-16-11(2)15(17)13-8-7-12(18-3)10-14(13)19-4/h7-8,10-11,15-17H,5-6,9H2,1-4H3. The van der Waals surface area contributed by atoms with E-state index in [1.807, 2.05) is 19.1 Å². The molecular formula is C15H25NO3. The normalized spacial score (nSPS) is 13.9. The van der Waals surface area contributed by atoms with Gasteiger partial charge in [-0.05, 0) is 32.0 Å². The maximum Gasteiger partial charge on any atom is 0.128 e. The van der Waals surface area contributed by atoms with Crippen molar-refractivity contribution in [2.45, 2.75) is 38.8 Å². The Hall–Kier alpha value is -1.26. The number of rotatable bonds is 8. The van der Waals surface area contributed by atoms with Crippen LogP contribution in [0.3, 0.4) is 0 Å². The van der Waals surface area contributed by atoms with Gasteiger partial charge in [-0.2, -0.15) is 0 Å². The molecule has 0 fully saturated rings. The van der Waals surface area contributed by atoms with Crippen LogP contribution in [0.1, 0.15) is 38.4 Å². The predicted octanol–water partition coefficient (Wildman–Crippen LogP) is 2.52. The van der Waals surface area contributed by atoms with Crippen LogP contribution in [-0.2, 0) is 0 Å². The summed E-state index contributed by atoms with van der Waals surface area (Å²) in [6.07, 6.45) is 1.65. The van der Waals surface area contributed by atoms with E-state index in [1.165, 1.54) is 0 Å². The molecule has 108 valence electrons. The summed E-state index contributed by atoms with van der Waals surface area (Å²) in [5.41, 5.74) is 0.778. The summed E-state index contributed by atoms with van der Waals surface area (Å²) in [5.74, 6) is 1.37. The van der Waals surface area contributed by atoms with Crippen LogP contribution in [0.4, 0.5) is 0 Å². The van der Waals surface area contributed by atoms with E-state index in [0.717, 1.165) is 30.7 Å². The van der Waals surface area contributed by atoms with Crippen LogP contribution < -0.4 is 14.8 Å². The minimum Gasteiger partial charge on any atom is -0.497 e. The van der Waals surface area contributed by atoms with E-state index in [0.29, 0.717) is 5.75 Å². The molecule has 0 aliphatic heterocycles. The van der Waals surface area contributed by atoms with Crippen LogP contribution in [0.2, 0.25) is 0 Å². The molecular weight excluding hydrogens is 242 g/mol. The summed E-state index contributed by atoms with van der Waals surface area (Å²) in [6, 6.07) is 5.45. The van der Waals surface area contributed by atoms with Crippen LogP contribution in [0.15, 0.2) is 18.2 Å². The smallest absolute Gasteiger partial charge is 0.128 e. The highest BCUT2D eigenvalue weighted by Crippen LogP contribution is 2.30. The topological polar surface area (TPSA) is 50.7 Å². The first-order valence-electron chi connectivity index (χ1n) is 6.77. The first-order chi connectivity index (χ1) is 9.13. The summed E-state index contributed by atoms with van der Waals surface area (Å²) < 4.78 is 10.5. The zero-order valence-corrected chi connectivity index (χ0v) is 12.3. The average molecular weight is 267 g/mol. The zero-order chi connectivity index (χ0) is 14.3. The molecule has 1 rings (SSSR count). The molecule has 4 heteroatoms. The van der Waals surface area contributed by atoms with E-state index in [-0.39, 0.29) is 6.04 Å². The van der Waals surface area contributed by atoms with Gasteiger partial charge in [0.05, 0.1) is 20.3 Å². The lowest BCUT2D eigenvalue weighted by Gasteiger charge is -2.22. The molecule has 4 nitrogen and oxygen atoms in total. The Labute approximate surface area is 115 Å². The van der Waals surface area contributed by atoms with Crippen LogP contribution in [0.25, 0.3) is 0 Å². The second-order valence-corrected chi connectivity index (χ2v) is 4.65. The summed E-state index contributed by atoms with van der Waals surface area (Å²) >= 11 is 0. The van der Waals surface area contributed by atoms with Crippen LogP contribution in [-0.4, -0.2) is 31.9 Å². The molecule has 0 spiro atoms. The number of unbranched alkanes of at least 4 members (excludes halogenated alkanes) is 1. The number of nitrogens with one attached hydrogen (secondary N) is 1. The first kappa shape index (κ1) is 15.8. The molecule has 0 bridgehead atoms. The van der Waals surface area contributed by atoms with Crippen molar-refractivity contribution in [3.05, 3.63) is 23.8 Å². The fourth-order valence-corrected chi connectivity index (χ4v) is 1.95. The van der Waals surface area contributed by atoms with Gasteiger partial charge in [-0.15, -0.1) is 0 Å². The number of ether oxygens (including phenoxy) is 2. The molecule has 0 aromatic heterocycles. The fraction of sp³-hybridized carbons (Fsp3) is 0.600. The third kappa shape index (κ3) is 4.40. The maximum absolute atomic E-state index is 10.4. The zero-order valence-electron chi connectivity index (χ0n) is 12.3. The third-order valence-corrected chi connectivity index (χ3v) is 3.23. The molecule has 0 aliphatic carbocycles. The molecule has 0 saturated heterocycles. The Balaban J connectivity index is 2.77. The predicted molar refractivity (Wildman–Crippen MR) is 76.9 cm³/mol. The van der Waals surface area contributed by atoms with Crippen molar-refractivity contribution in [1.82, 2.24) is 5.32 Å². The SMILES string of the molecule is CCCCNC(C)C(O)c1ccc(OC)cc1OC. The van der Waals surface area contributed by atoms with Gasteiger partial charge in [0.25, 0.3) is 0 Å². The largest absolute Gasteiger partial charge is 0.497 e. The van der Waals surface area contributed by atoms with Gasteiger partial charge in [0.1, 0.15) is 11.5 Å². The maximum atomic E-state index is 10.4. The number of methoxy groups -OCH3 is 2. The van der Waals surface area contributed by atoms with E-state index < -0.39 is 6.10 Å². The fourth-order valence-electron chi connectivity index (χ4n) is 1.95. The lowest BCUT2D eigenvalue weighted by molar-refractivity contribution is 0.132. The van der Waals surface area contributed by atoms with Crippen molar-refractivity contribution < 1.29 is 14.6 Å². The summed E-state index contributed by atoms with van der Waals surface area (Å²) in [7, 11) is 3.21. The van der Waals surface area contributed by atoms with E-state index in [4.69, 9.17) is 9.47 Å². The van der Waals surface area contributed by atoms with Crippen LogP contribution in [0, 0.1) is 0 Å². The van der Waals surface area contributed by atoms with Crippen molar-refractivity contribution >= 4 is 0 Å². The number of hydrogen-bond acceptors (Lipinski definition) is 4. The highest BCUT2D eigenvalue weighted by atomic mass is 16.5. The van der Waals surface area contributed by atoms with E-state index in [9.17, 15) is 5.11 Å². The van der Waals surface area contributed by atoms with Crippen molar-refractivity contribution in [3.63, 3.8) is 0 Å². The number of aliphatic hydroxyl groups excluding tert-OH is 1. The van der Waals surface area contributed by atoms with Gasteiger partial charge in [-0.1, -0.05) is 13.3 Å². The van der Waals surface area contributed by atoms with E-state index >= 15 is 0 Å². The number of aliphatic hydroxyl groups is 1. The van der Waals surface area contributed by atoms with Gasteiger partial charge in [0.2, 0.25) is 0 Å². The molecule has 0 saturated carbocycles. The summed E-state index contributed by atoms with van der Waals surface area (Å²) in [4.78, 5) is 0. The molecule has 2 unspecified atom stereocenters. The minimum atomic E-state index is -0.599. The first-order valence-corrected chi connectivity index (χ1v) is 6.77. The van der Waals surface area contributed by atoms with Gasteiger partial charge in [0, 0.05) is 17.7 Å². The Kier molecular flexibility index (Phi) is 6.67. The quantitative estimate of drug-likeness (QED) is 0.711. The monoisotopic (exact) mass is 267 g/mol. The second kappa shape index (κ2) is 8.02. The highest BCUT2D eigenvalue weighted by Gasteiger charge is 2.20. The Morgan fingerprint density at radius 3 is 2.58 bits per heavy atom. The van der Waals surface area contributed by atoms with Gasteiger partial charge in [0.15, 0.2) is 0 Å². The van der Waals surface area contributed by atoms with Gasteiger partial charge in [-0.3, -0.25) is 0 Å². The average Bonchev–Trinajstić information content (AvgIpc) is 2.45. The van der Waals surface area contributed by atoms with Gasteiger partial charge >= 0.3 is 0 Å². The Morgan fingerprint density at radius 2 is 2.00 bits per heavy atom. The molecule has 2 N–H and O–H groups in total. The second-order valence-electron chi connectivity index (χ2n) is 4.65. The van der Waals surface area contributed by atoms with Gasteiger partial charge in [-0.25, -0.2) is 0 Å². The molecule has 2 atom stereocenters. The van der Waals surface area contributed by atoms with Crippen molar-refractivity contribution in [3.8, 4) is 11.5 Å². The lowest BCUT2D eigenvalue weighted by atomic mass is 10.0. The minimum absolute atomic E-state index is 0.0196. The summed E-state index contributed by atoms with van der Waals surface area (Å²) in [5, 5.41) is 13.7. The third-order valence-electron chi connectivity index (χ3n) is 3.23. The van der Waals surface area contributed by atoms with Crippen molar-refractivity contribution in [2.75, 3.05) is 20.8 Å². The molecule has 1 aromatic carbocycles. The Bertz CT molecular complexity index is 382. The molecule has 19 heavy (non-hydrogen) atoms. The molecule has 0 aliphatic rings. The van der Waals surface area contributed by atoms with Crippen LogP contribution >= 0.6 is 0 Å². The van der Waals surface area contributed by atoms with Crippen molar-refractivity contribution in [2.24, 2.45) is 0 Å². The van der Waals surface area contributed by atoms with Crippen molar-refractivity contribution in [1.29, 1.82) is 0 Å². The van der Waals surface area contributed by atoms with E-state index in [2.05, 4.69) is 12.2 Å². The number of benzene rings is 1. The van der Waals surface area contributed by atoms with Gasteiger partial charge < -0.3 is 19.9 Å². The molecule has 1 aromatic rings. The Morgan fingerprint density at radius 1 is 1.26 bits per heavy atom. The number of hydrogen-bond donors (Lipinski definition) is 2. The lowest BCUT2D eigenvalue weighted by Crippen LogP contribution is -2.33. The van der Waals surface area contributed by atoms with E-state index in [1.54, 1.807) is 20.3 Å². The molecule has 0 radical (unpaired) electrons. The van der Waals surface area contributed by atoms with Crippen LogP contribution in [0.5, 0.6) is 11.5 Å². The molecule has 0 heterocycles. The summed E-state index contributed by atoms with van der Waals surface area (Å²) in [6.45, 7) is 5.03. The molecule has 0 amide bonds.